The molecule has 0 radical (unpaired) electrons. The van der Waals surface area contributed by atoms with Crippen LogP contribution in [0.1, 0.15) is 17.4 Å². The third-order valence-corrected chi connectivity index (χ3v) is 4.72. The van der Waals surface area contributed by atoms with Gasteiger partial charge in [0.15, 0.2) is 0 Å². The molecule has 2 aromatic carbocycles. The van der Waals surface area contributed by atoms with Gasteiger partial charge in [-0.1, -0.05) is 36.4 Å². The van der Waals surface area contributed by atoms with Crippen LogP contribution in [0.15, 0.2) is 63.9 Å². The fraction of sp³-hybridized carbons (Fsp3) is 0.222. The Morgan fingerprint density at radius 2 is 1.90 bits per heavy atom. The molecular weight excluding hydrogens is 278 g/mol. The van der Waals surface area contributed by atoms with Gasteiger partial charge in [-0.3, -0.25) is 0 Å². The highest BCUT2D eigenvalue weighted by Crippen LogP contribution is 2.29. The Morgan fingerprint density at radius 3 is 2.62 bits per heavy atom. The van der Waals surface area contributed by atoms with E-state index in [0.717, 1.165) is 17.1 Å². The van der Waals surface area contributed by atoms with Crippen molar-refractivity contribution in [1.29, 1.82) is 0 Å². The van der Waals surface area contributed by atoms with Crippen LogP contribution in [0.25, 0.3) is 11.0 Å². The number of nitrogens with one attached hydrogen (secondary N) is 1. The number of benzene rings is 2. The molecule has 0 aliphatic carbocycles. The van der Waals surface area contributed by atoms with Gasteiger partial charge in [0.25, 0.3) is 0 Å². The maximum absolute atomic E-state index is 6.06. The molecule has 1 heterocycles. The number of thioether (sulfide) groups is 1. The second-order valence-corrected chi connectivity index (χ2v) is 6.20. The van der Waals surface area contributed by atoms with E-state index in [2.05, 4.69) is 60.8 Å². The fourth-order valence-electron chi connectivity index (χ4n) is 2.40. The van der Waals surface area contributed by atoms with Crippen LogP contribution in [-0.2, 0) is 0 Å². The fourth-order valence-corrected chi connectivity index (χ4v) is 3.44. The summed E-state index contributed by atoms with van der Waals surface area (Å²) in [4.78, 5) is 1.28. The second kappa shape index (κ2) is 6.37. The molecule has 1 atom stereocenters. The molecule has 0 spiro atoms. The number of rotatable bonds is 5. The van der Waals surface area contributed by atoms with E-state index in [4.69, 9.17) is 4.42 Å². The minimum absolute atomic E-state index is 0.210. The summed E-state index contributed by atoms with van der Waals surface area (Å²) >= 11 is 1.84. The van der Waals surface area contributed by atoms with Crippen LogP contribution in [0.3, 0.4) is 0 Å². The number of para-hydroxylation sites is 1. The van der Waals surface area contributed by atoms with E-state index < -0.39 is 0 Å². The van der Waals surface area contributed by atoms with Gasteiger partial charge < -0.3 is 9.73 Å². The minimum atomic E-state index is 0.210. The molecule has 0 saturated heterocycles. The van der Waals surface area contributed by atoms with E-state index in [1.165, 1.54) is 15.8 Å². The first-order valence-electron chi connectivity index (χ1n) is 7.12. The summed E-state index contributed by atoms with van der Waals surface area (Å²) in [6, 6.07) is 19.1. The summed E-state index contributed by atoms with van der Waals surface area (Å²) < 4.78 is 6.06. The van der Waals surface area contributed by atoms with Gasteiger partial charge in [-0.15, -0.1) is 11.8 Å². The van der Waals surface area contributed by atoms with Crippen LogP contribution in [0.5, 0.6) is 0 Å². The predicted octanol–water partition coefficient (Wildman–Crippen LogP) is 4.79. The van der Waals surface area contributed by atoms with E-state index in [1.54, 1.807) is 0 Å². The van der Waals surface area contributed by atoms with Crippen LogP contribution in [-0.4, -0.2) is 12.8 Å². The molecule has 0 aliphatic heterocycles. The van der Waals surface area contributed by atoms with E-state index >= 15 is 0 Å². The summed E-state index contributed by atoms with van der Waals surface area (Å²) in [6.07, 6.45) is 0. The first-order chi connectivity index (χ1) is 10.3. The minimum Gasteiger partial charge on any atom is -0.459 e. The van der Waals surface area contributed by atoms with Crippen LogP contribution >= 0.6 is 11.8 Å². The van der Waals surface area contributed by atoms with Crippen molar-refractivity contribution >= 4 is 22.7 Å². The standard InChI is InChI=1S/C18H19NOS/c1-13-7-6-8-14-11-17(20-18(13)14)16(19-2)12-21-15-9-4-3-5-10-15/h3-11,16,19H,12H2,1-2H3. The predicted molar refractivity (Wildman–Crippen MR) is 89.9 cm³/mol. The lowest BCUT2D eigenvalue weighted by atomic mass is 10.1. The van der Waals surface area contributed by atoms with Crippen LogP contribution in [0.2, 0.25) is 0 Å². The van der Waals surface area contributed by atoms with Crippen molar-refractivity contribution in [3.8, 4) is 0 Å². The highest BCUT2D eigenvalue weighted by atomic mass is 32.2. The van der Waals surface area contributed by atoms with Crippen molar-refractivity contribution in [2.45, 2.75) is 17.9 Å². The van der Waals surface area contributed by atoms with Crippen molar-refractivity contribution < 1.29 is 4.42 Å². The molecule has 0 saturated carbocycles. The zero-order valence-corrected chi connectivity index (χ0v) is 13.1. The summed E-state index contributed by atoms with van der Waals surface area (Å²) in [5.41, 5.74) is 2.18. The number of aryl methyl sites for hydroxylation is 1. The Hall–Kier alpha value is -1.71. The third-order valence-electron chi connectivity index (χ3n) is 3.61. The molecule has 3 aromatic rings. The topological polar surface area (TPSA) is 25.2 Å². The Bertz CT molecular complexity index is 720. The Balaban J connectivity index is 1.80. The average molecular weight is 297 g/mol. The van der Waals surface area contributed by atoms with E-state index in [1.807, 2.05) is 24.9 Å². The highest BCUT2D eigenvalue weighted by Gasteiger charge is 2.15. The van der Waals surface area contributed by atoms with Gasteiger partial charge in [0.2, 0.25) is 0 Å². The molecular formula is C18H19NOS. The number of fused-ring (bicyclic) bond motifs is 1. The van der Waals surface area contributed by atoms with Gasteiger partial charge in [0.1, 0.15) is 11.3 Å². The molecule has 3 heteroatoms. The normalized spacial score (nSPS) is 12.7. The lowest BCUT2D eigenvalue weighted by Crippen LogP contribution is -2.17. The van der Waals surface area contributed by atoms with Crippen molar-refractivity contribution in [2.75, 3.05) is 12.8 Å². The Kier molecular flexibility index (Phi) is 4.32. The average Bonchev–Trinajstić information content (AvgIpc) is 2.94. The number of furan rings is 1. The quantitative estimate of drug-likeness (QED) is 0.685. The molecule has 2 nitrogen and oxygen atoms in total. The monoisotopic (exact) mass is 297 g/mol. The maximum Gasteiger partial charge on any atom is 0.137 e. The van der Waals surface area contributed by atoms with E-state index in [9.17, 15) is 0 Å². The molecule has 1 aromatic heterocycles. The molecule has 0 aliphatic rings. The summed E-state index contributed by atoms with van der Waals surface area (Å²) in [5, 5.41) is 4.53. The summed E-state index contributed by atoms with van der Waals surface area (Å²) in [7, 11) is 1.98. The van der Waals surface area contributed by atoms with Gasteiger partial charge in [-0.2, -0.15) is 0 Å². The maximum atomic E-state index is 6.06. The molecule has 0 fully saturated rings. The molecule has 0 bridgehead atoms. The Labute approximate surface area is 129 Å². The summed E-state index contributed by atoms with van der Waals surface area (Å²) in [5.74, 6) is 1.95. The molecule has 1 unspecified atom stereocenters. The van der Waals surface area contributed by atoms with Crippen LogP contribution in [0.4, 0.5) is 0 Å². The van der Waals surface area contributed by atoms with Crippen molar-refractivity contribution in [2.24, 2.45) is 0 Å². The smallest absolute Gasteiger partial charge is 0.137 e. The first-order valence-corrected chi connectivity index (χ1v) is 8.10. The zero-order chi connectivity index (χ0) is 14.7. The van der Waals surface area contributed by atoms with Gasteiger partial charge in [0.05, 0.1) is 6.04 Å². The van der Waals surface area contributed by atoms with Crippen LogP contribution < -0.4 is 5.32 Å². The SMILES string of the molecule is CNC(CSc1ccccc1)c1cc2cccc(C)c2o1. The number of hydrogen-bond donors (Lipinski definition) is 1. The van der Waals surface area contributed by atoms with Gasteiger partial charge in [0, 0.05) is 16.0 Å². The van der Waals surface area contributed by atoms with Gasteiger partial charge >= 0.3 is 0 Å². The van der Waals surface area contributed by atoms with Gasteiger partial charge in [-0.05, 0) is 37.7 Å². The van der Waals surface area contributed by atoms with E-state index in [-0.39, 0.29) is 6.04 Å². The van der Waals surface area contributed by atoms with Crippen molar-refractivity contribution in [1.82, 2.24) is 5.32 Å². The molecule has 1 N–H and O–H groups in total. The molecule has 21 heavy (non-hydrogen) atoms. The Morgan fingerprint density at radius 1 is 1.10 bits per heavy atom. The third kappa shape index (κ3) is 3.14. The lowest BCUT2D eigenvalue weighted by molar-refractivity contribution is 0.478. The molecule has 108 valence electrons. The molecule has 3 rings (SSSR count). The zero-order valence-electron chi connectivity index (χ0n) is 12.3. The van der Waals surface area contributed by atoms with Gasteiger partial charge in [-0.25, -0.2) is 0 Å². The van der Waals surface area contributed by atoms with Crippen molar-refractivity contribution in [3.63, 3.8) is 0 Å². The summed E-state index contributed by atoms with van der Waals surface area (Å²) in [6.45, 7) is 2.09. The largest absolute Gasteiger partial charge is 0.459 e. The lowest BCUT2D eigenvalue weighted by Gasteiger charge is -2.13. The molecule has 0 amide bonds. The number of hydrogen-bond acceptors (Lipinski definition) is 3. The van der Waals surface area contributed by atoms with E-state index in [0.29, 0.717) is 0 Å². The first kappa shape index (κ1) is 14.2. The van der Waals surface area contributed by atoms with Crippen LogP contribution in [0, 0.1) is 6.92 Å². The highest BCUT2D eigenvalue weighted by molar-refractivity contribution is 7.99. The van der Waals surface area contributed by atoms with Crippen molar-refractivity contribution in [3.05, 3.63) is 65.9 Å². The second-order valence-electron chi connectivity index (χ2n) is 5.11.